The maximum Gasteiger partial charge on any atom is 0.343 e. The van der Waals surface area contributed by atoms with Crippen molar-refractivity contribution in [3.63, 3.8) is 0 Å². The number of nitrogens with zero attached hydrogens (tertiary/aromatic N) is 1. The van der Waals surface area contributed by atoms with Gasteiger partial charge in [0.05, 0.1) is 22.7 Å². The maximum absolute atomic E-state index is 12.5. The van der Waals surface area contributed by atoms with E-state index in [2.05, 4.69) is 6.92 Å². The highest BCUT2D eigenvalue weighted by atomic mass is 16.6. The number of benzene rings is 3. The Morgan fingerprint density at radius 2 is 1.19 bits per heavy atom. The molecule has 7 nitrogen and oxygen atoms in total. The van der Waals surface area contributed by atoms with Gasteiger partial charge < -0.3 is 9.47 Å². The lowest BCUT2D eigenvalue weighted by atomic mass is 10.1. The lowest BCUT2D eigenvalue weighted by Gasteiger charge is -2.08. The van der Waals surface area contributed by atoms with Crippen LogP contribution in [0.4, 0.5) is 5.69 Å². The number of hydrogen-bond donors (Lipinski definition) is 0. The van der Waals surface area contributed by atoms with E-state index >= 15 is 0 Å². The molecule has 0 aliphatic heterocycles. The van der Waals surface area contributed by atoms with Crippen molar-refractivity contribution in [3.05, 3.63) is 94.0 Å². The predicted octanol–water partition coefficient (Wildman–Crippen LogP) is 7.39. The van der Waals surface area contributed by atoms with Crippen LogP contribution in [-0.4, -0.2) is 23.5 Å². The predicted molar refractivity (Wildman–Crippen MR) is 138 cm³/mol. The van der Waals surface area contributed by atoms with Gasteiger partial charge in [0.1, 0.15) is 5.75 Å². The summed E-state index contributed by atoms with van der Waals surface area (Å²) >= 11 is 0. The second-order valence-corrected chi connectivity index (χ2v) is 8.55. The Balaban J connectivity index is 1.46. The van der Waals surface area contributed by atoms with Crippen molar-refractivity contribution in [1.29, 1.82) is 0 Å². The molecule has 0 spiro atoms. The minimum Gasteiger partial charge on any atom is -0.462 e. The third-order valence-electron chi connectivity index (χ3n) is 5.81. The molecule has 0 fully saturated rings. The van der Waals surface area contributed by atoms with Crippen molar-refractivity contribution >= 4 is 17.6 Å². The average molecular weight is 490 g/mol. The summed E-state index contributed by atoms with van der Waals surface area (Å²) in [6.45, 7) is 2.59. The standard InChI is InChI=1S/C29H31NO6/c1-2-3-4-5-6-7-8-21-35-28(31)24-9-11-25(12-10-24)29(32)36-27-19-15-23(16-20-27)22-13-17-26(18-14-22)30(33)34/h9-20H,2-8,21H2,1H3. The first-order chi connectivity index (χ1) is 17.5. The first-order valence-electron chi connectivity index (χ1n) is 12.3. The van der Waals surface area contributed by atoms with Crippen LogP contribution in [-0.2, 0) is 4.74 Å². The molecule has 7 heteroatoms. The Bertz CT molecular complexity index is 1140. The smallest absolute Gasteiger partial charge is 0.343 e. The van der Waals surface area contributed by atoms with Crippen LogP contribution in [0, 0.1) is 10.1 Å². The van der Waals surface area contributed by atoms with Gasteiger partial charge in [0.25, 0.3) is 5.69 Å². The Morgan fingerprint density at radius 1 is 0.694 bits per heavy atom. The Morgan fingerprint density at radius 3 is 1.75 bits per heavy atom. The number of esters is 2. The molecule has 3 aromatic rings. The number of ether oxygens (including phenoxy) is 2. The van der Waals surface area contributed by atoms with Crippen LogP contribution < -0.4 is 4.74 Å². The van der Waals surface area contributed by atoms with E-state index in [1.165, 1.54) is 49.9 Å². The van der Waals surface area contributed by atoms with E-state index in [1.807, 2.05) is 0 Å². The molecule has 3 rings (SSSR count). The highest BCUT2D eigenvalue weighted by Crippen LogP contribution is 2.25. The second-order valence-electron chi connectivity index (χ2n) is 8.55. The van der Waals surface area contributed by atoms with Crippen LogP contribution in [0.1, 0.15) is 72.6 Å². The lowest BCUT2D eigenvalue weighted by Crippen LogP contribution is -2.10. The number of rotatable bonds is 13. The Kier molecular flexibility index (Phi) is 10.2. The molecule has 0 unspecified atom stereocenters. The molecule has 0 bridgehead atoms. The van der Waals surface area contributed by atoms with Gasteiger partial charge in [0.2, 0.25) is 0 Å². The van der Waals surface area contributed by atoms with Gasteiger partial charge >= 0.3 is 11.9 Å². The normalized spacial score (nSPS) is 10.6. The van der Waals surface area contributed by atoms with E-state index in [1.54, 1.807) is 48.5 Å². The molecule has 0 saturated carbocycles. The van der Waals surface area contributed by atoms with Crippen molar-refractivity contribution in [2.45, 2.75) is 51.9 Å². The zero-order chi connectivity index (χ0) is 25.8. The number of hydrogen-bond acceptors (Lipinski definition) is 6. The van der Waals surface area contributed by atoms with Crippen LogP contribution in [0.3, 0.4) is 0 Å². The summed E-state index contributed by atoms with van der Waals surface area (Å²) in [5, 5.41) is 10.8. The third-order valence-corrected chi connectivity index (χ3v) is 5.81. The molecule has 188 valence electrons. The molecule has 0 heterocycles. The summed E-state index contributed by atoms with van der Waals surface area (Å²) in [5.74, 6) is -0.576. The maximum atomic E-state index is 12.5. The quantitative estimate of drug-likeness (QED) is 0.0816. The first-order valence-corrected chi connectivity index (χ1v) is 12.3. The molecule has 0 aliphatic carbocycles. The number of non-ortho nitro benzene ring substituents is 1. The van der Waals surface area contributed by atoms with Gasteiger partial charge in [-0.2, -0.15) is 0 Å². The van der Waals surface area contributed by atoms with Gasteiger partial charge in [-0.15, -0.1) is 0 Å². The summed E-state index contributed by atoms with van der Waals surface area (Å²) in [5.41, 5.74) is 2.38. The highest BCUT2D eigenvalue weighted by molar-refractivity contribution is 5.94. The van der Waals surface area contributed by atoms with E-state index in [4.69, 9.17) is 9.47 Å². The molecule has 0 saturated heterocycles. The SMILES string of the molecule is CCCCCCCCCOC(=O)c1ccc(C(=O)Oc2ccc(-c3ccc([N+](=O)[O-])cc3)cc2)cc1. The van der Waals surface area contributed by atoms with Crippen LogP contribution in [0.15, 0.2) is 72.8 Å². The lowest BCUT2D eigenvalue weighted by molar-refractivity contribution is -0.384. The number of nitro benzene ring substituents is 1. The highest BCUT2D eigenvalue weighted by Gasteiger charge is 2.12. The fraction of sp³-hybridized carbons (Fsp3) is 0.310. The van der Waals surface area contributed by atoms with Crippen molar-refractivity contribution in [3.8, 4) is 16.9 Å². The molecular formula is C29H31NO6. The molecule has 0 aliphatic rings. The number of carbonyl (C=O) groups is 2. The molecule has 36 heavy (non-hydrogen) atoms. The van der Waals surface area contributed by atoms with Gasteiger partial charge in [0, 0.05) is 12.1 Å². The van der Waals surface area contributed by atoms with Crippen LogP contribution >= 0.6 is 0 Å². The largest absolute Gasteiger partial charge is 0.462 e. The zero-order valence-electron chi connectivity index (χ0n) is 20.5. The summed E-state index contributed by atoms with van der Waals surface area (Å²) < 4.78 is 10.8. The number of nitro groups is 1. The summed E-state index contributed by atoms with van der Waals surface area (Å²) in [6.07, 6.45) is 8.06. The number of unbranched alkanes of at least 4 members (excludes halogenated alkanes) is 6. The van der Waals surface area contributed by atoms with Gasteiger partial charge in [0.15, 0.2) is 0 Å². The van der Waals surface area contributed by atoms with E-state index in [9.17, 15) is 19.7 Å². The Hall–Kier alpha value is -4.00. The summed E-state index contributed by atoms with van der Waals surface area (Å²) in [7, 11) is 0. The van der Waals surface area contributed by atoms with Gasteiger partial charge in [-0.1, -0.05) is 57.6 Å². The minimum absolute atomic E-state index is 0.0248. The van der Waals surface area contributed by atoms with Crippen molar-refractivity contribution in [2.24, 2.45) is 0 Å². The topological polar surface area (TPSA) is 95.7 Å². The number of carbonyl (C=O) groups excluding carboxylic acids is 2. The van der Waals surface area contributed by atoms with E-state index in [0.717, 1.165) is 30.4 Å². The molecule has 0 N–H and O–H groups in total. The van der Waals surface area contributed by atoms with E-state index in [-0.39, 0.29) is 5.69 Å². The van der Waals surface area contributed by atoms with Crippen molar-refractivity contribution in [2.75, 3.05) is 6.61 Å². The van der Waals surface area contributed by atoms with E-state index < -0.39 is 16.9 Å². The molecular weight excluding hydrogens is 458 g/mol. The second kappa shape index (κ2) is 13.8. The van der Waals surface area contributed by atoms with Gasteiger partial charge in [-0.05, 0) is 66.1 Å². The van der Waals surface area contributed by atoms with Crippen LogP contribution in [0.2, 0.25) is 0 Å². The third kappa shape index (κ3) is 8.05. The van der Waals surface area contributed by atoms with Crippen LogP contribution in [0.25, 0.3) is 11.1 Å². The summed E-state index contributed by atoms with van der Waals surface area (Å²) in [4.78, 5) is 35.1. The monoisotopic (exact) mass is 489 g/mol. The minimum atomic E-state index is -0.541. The van der Waals surface area contributed by atoms with Gasteiger partial charge in [-0.3, -0.25) is 10.1 Å². The fourth-order valence-corrected chi connectivity index (χ4v) is 3.71. The first kappa shape index (κ1) is 26.6. The van der Waals surface area contributed by atoms with Gasteiger partial charge in [-0.25, -0.2) is 9.59 Å². The zero-order valence-corrected chi connectivity index (χ0v) is 20.5. The molecule has 0 aromatic heterocycles. The fourth-order valence-electron chi connectivity index (χ4n) is 3.71. The van der Waals surface area contributed by atoms with E-state index in [0.29, 0.717) is 23.5 Å². The Labute approximate surface area is 211 Å². The average Bonchev–Trinajstić information content (AvgIpc) is 2.90. The molecule has 0 atom stereocenters. The molecule has 3 aromatic carbocycles. The molecule has 0 amide bonds. The van der Waals surface area contributed by atoms with Crippen molar-refractivity contribution in [1.82, 2.24) is 0 Å². The van der Waals surface area contributed by atoms with Crippen LogP contribution in [0.5, 0.6) is 5.75 Å². The molecule has 0 radical (unpaired) electrons. The van der Waals surface area contributed by atoms with Crippen molar-refractivity contribution < 1.29 is 24.0 Å². The summed E-state index contributed by atoms with van der Waals surface area (Å²) in [6, 6.07) is 19.3.